The van der Waals surface area contributed by atoms with Crippen molar-refractivity contribution in [2.45, 2.75) is 70.5 Å². The molecule has 0 radical (unpaired) electrons. The number of hydrogen-bond donors (Lipinski definition) is 1. The second kappa shape index (κ2) is 13.8. The SMILES string of the molecule is CCCCCCOc1ccc(C=N/N=C2\NC(=O)C(Cc3ccc(CCCC)cc3)S2)cc1. The highest BCUT2D eigenvalue weighted by Crippen LogP contribution is 2.24. The number of unbranched alkanes of at least 4 members (excludes halogenated alkanes) is 4. The third-order valence-electron chi connectivity index (χ3n) is 5.54. The number of carbonyl (C=O) groups excluding carboxylic acids is 1. The molecule has 1 unspecified atom stereocenters. The summed E-state index contributed by atoms with van der Waals surface area (Å²) in [5.74, 6) is 0.860. The molecule has 1 N–H and O–H groups in total. The van der Waals surface area contributed by atoms with Gasteiger partial charge in [0.25, 0.3) is 0 Å². The zero-order valence-electron chi connectivity index (χ0n) is 19.8. The van der Waals surface area contributed by atoms with Crippen molar-refractivity contribution in [3.8, 4) is 5.75 Å². The Labute approximate surface area is 202 Å². The molecule has 0 spiro atoms. The standard InChI is InChI=1S/C27H35N3O2S/c1-3-5-7-8-18-32-24-16-14-23(15-17-24)20-28-30-27-29-26(31)25(33-27)19-22-12-10-21(11-13-22)9-6-4-2/h10-17,20,25H,3-9,18-19H2,1-2H3,(H,29,30,31). The quantitative estimate of drug-likeness (QED) is 0.219. The fourth-order valence-electron chi connectivity index (χ4n) is 3.54. The van der Waals surface area contributed by atoms with Gasteiger partial charge in [-0.15, -0.1) is 5.10 Å². The lowest BCUT2D eigenvalue weighted by molar-refractivity contribution is -0.118. The van der Waals surface area contributed by atoms with Gasteiger partial charge in [-0.1, -0.05) is 75.6 Å². The number of nitrogens with one attached hydrogen (secondary N) is 1. The summed E-state index contributed by atoms with van der Waals surface area (Å²) in [6.07, 6.45) is 10.7. The first-order chi connectivity index (χ1) is 16.2. The van der Waals surface area contributed by atoms with Crippen molar-refractivity contribution in [1.29, 1.82) is 0 Å². The minimum atomic E-state index is -0.172. The fourth-order valence-corrected chi connectivity index (χ4v) is 4.51. The molecule has 0 bridgehead atoms. The number of hydrogen-bond acceptors (Lipinski definition) is 5. The molecule has 6 heteroatoms. The topological polar surface area (TPSA) is 63.1 Å². The number of amides is 1. The van der Waals surface area contributed by atoms with Crippen LogP contribution in [0.5, 0.6) is 5.75 Å². The third kappa shape index (κ3) is 8.69. The normalized spacial score (nSPS) is 17.1. The summed E-state index contributed by atoms with van der Waals surface area (Å²) in [7, 11) is 0. The van der Waals surface area contributed by atoms with Crippen molar-refractivity contribution < 1.29 is 9.53 Å². The number of rotatable bonds is 13. The van der Waals surface area contributed by atoms with Crippen molar-refractivity contribution in [3.05, 3.63) is 65.2 Å². The minimum absolute atomic E-state index is 0.00977. The van der Waals surface area contributed by atoms with Crippen LogP contribution in [-0.2, 0) is 17.6 Å². The van der Waals surface area contributed by atoms with Crippen LogP contribution in [0.25, 0.3) is 0 Å². The maximum absolute atomic E-state index is 12.3. The van der Waals surface area contributed by atoms with Crippen LogP contribution in [0.3, 0.4) is 0 Å². The van der Waals surface area contributed by atoms with E-state index in [1.54, 1.807) is 6.21 Å². The van der Waals surface area contributed by atoms with Crippen LogP contribution in [0, 0.1) is 0 Å². The molecule has 1 amide bonds. The fraction of sp³-hybridized carbons (Fsp3) is 0.444. The first-order valence-electron chi connectivity index (χ1n) is 12.1. The number of carbonyl (C=O) groups is 1. The second-order valence-electron chi connectivity index (χ2n) is 8.35. The molecule has 1 saturated heterocycles. The first kappa shape index (κ1) is 25.0. The lowest BCUT2D eigenvalue weighted by atomic mass is 10.0. The molecule has 1 aliphatic heterocycles. The molecule has 2 aromatic carbocycles. The molecule has 1 aliphatic rings. The molecule has 1 heterocycles. The zero-order valence-corrected chi connectivity index (χ0v) is 20.6. The Hall–Kier alpha value is -2.60. The van der Waals surface area contributed by atoms with Crippen LogP contribution in [0.1, 0.15) is 69.1 Å². The van der Waals surface area contributed by atoms with E-state index >= 15 is 0 Å². The van der Waals surface area contributed by atoms with Gasteiger partial charge in [0.15, 0.2) is 5.17 Å². The Morgan fingerprint density at radius 1 is 0.939 bits per heavy atom. The molecule has 33 heavy (non-hydrogen) atoms. The molecule has 1 fully saturated rings. The number of benzene rings is 2. The monoisotopic (exact) mass is 465 g/mol. The van der Waals surface area contributed by atoms with Gasteiger partial charge in [0, 0.05) is 0 Å². The van der Waals surface area contributed by atoms with Gasteiger partial charge in [-0.05, 0) is 66.6 Å². The van der Waals surface area contributed by atoms with E-state index in [2.05, 4.69) is 53.6 Å². The molecule has 3 rings (SSSR count). The molecular formula is C27H35N3O2S. The Kier molecular flexibility index (Phi) is 10.5. The van der Waals surface area contributed by atoms with Crippen LogP contribution < -0.4 is 10.1 Å². The minimum Gasteiger partial charge on any atom is -0.494 e. The Bertz CT molecular complexity index is 923. The van der Waals surface area contributed by atoms with Gasteiger partial charge < -0.3 is 10.1 Å². The summed E-state index contributed by atoms with van der Waals surface area (Å²) in [5, 5.41) is 11.6. The van der Waals surface area contributed by atoms with Gasteiger partial charge in [0.05, 0.1) is 18.1 Å². The first-order valence-corrected chi connectivity index (χ1v) is 12.9. The lowest BCUT2D eigenvalue weighted by Crippen LogP contribution is -2.25. The van der Waals surface area contributed by atoms with Crippen molar-refractivity contribution in [2.75, 3.05) is 6.61 Å². The Morgan fingerprint density at radius 2 is 1.67 bits per heavy atom. The van der Waals surface area contributed by atoms with E-state index in [-0.39, 0.29) is 11.2 Å². The molecule has 176 valence electrons. The van der Waals surface area contributed by atoms with E-state index in [4.69, 9.17) is 4.74 Å². The van der Waals surface area contributed by atoms with Gasteiger partial charge in [0.2, 0.25) is 5.91 Å². The smallest absolute Gasteiger partial charge is 0.239 e. The summed E-state index contributed by atoms with van der Waals surface area (Å²) in [6, 6.07) is 16.4. The van der Waals surface area contributed by atoms with Crippen molar-refractivity contribution >= 4 is 29.1 Å². The summed E-state index contributed by atoms with van der Waals surface area (Å²) in [4.78, 5) is 12.3. The average Bonchev–Trinajstić information content (AvgIpc) is 3.18. The largest absolute Gasteiger partial charge is 0.494 e. The number of nitrogens with zero attached hydrogens (tertiary/aromatic N) is 2. The van der Waals surface area contributed by atoms with E-state index < -0.39 is 0 Å². The summed E-state index contributed by atoms with van der Waals surface area (Å²) in [6.45, 7) is 5.16. The van der Waals surface area contributed by atoms with Gasteiger partial charge in [-0.2, -0.15) is 5.10 Å². The second-order valence-corrected chi connectivity index (χ2v) is 9.54. The highest BCUT2D eigenvalue weighted by molar-refractivity contribution is 8.15. The van der Waals surface area contributed by atoms with E-state index in [1.165, 1.54) is 55.0 Å². The summed E-state index contributed by atoms with van der Waals surface area (Å²) >= 11 is 1.44. The Balaban J connectivity index is 1.45. The molecule has 2 aromatic rings. The number of aryl methyl sites for hydroxylation is 1. The molecular weight excluding hydrogens is 430 g/mol. The van der Waals surface area contributed by atoms with Crippen molar-refractivity contribution in [3.63, 3.8) is 0 Å². The predicted octanol–water partition coefficient (Wildman–Crippen LogP) is 6.15. The van der Waals surface area contributed by atoms with Crippen molar-refractivity contribution in [1.82, 2.24) is 5.32 Å². The highest BCUT2D eigenvalue weighted by Gasteiger charge is 2.30. The van der Waals surface area contributed by atoms with Crippen LogP contribution in [0.2, 0.25) is 0 Å². The maximum atomic E-state index is 12.3. The lowest BCUT2D eigenvalue weighted by Gasteiger charge is -2.06. The van der Waals surface area contributed by atoms with E-state index in [1.807, 2.05) is 24.3 Å². The summed E-state index contributed by atoms with van der Waals surface area (Å²) in [5.41, 5.74) is 3.46. The number of ether oxygens (including phenoxy) is 1. The van der Waals surface area contributed by atoms with Gasteiger partial charge in [-0.25, -0.2) is 0 Å². The molecule has 0 aromatic heterocycles. The van der Waals surface area contributed by atoms with E-state index in [0.29, 0.717) is 11.6 Å². The van der Waals surface area contributed by atoms with Crippen LogP contribution >= 0.6 is 11.8 Å². The highest BCUT2D eigenvalue weighted by atomic mass is 32.2. The molecule has 0 aliphatic carbocycles. The number of amidine groups is 1. The van der Waals surface area contributed by atoms with Crippen LogP contribution in [-0.4, -0.2) is 29.1 Å². The molecule has 0 saturated carbocycles. The third-order valence-corrected chi connectivity index (χ3v) is 6.61. The van der Waals surface area contributed by atoms with Gasteiger partial charge in [0.1, 0.15) is 5.75 Å². The van der Waals surface area contributed by atoms with Crippen molar-refractivity contribution in [2.24, 2.45) is 10.2 Å². The number of thioether (sulfide) groups is 1. The molecule has 5 nitrogen and oxygen atoms in total. The predicted molar refractivity (Wildman–Crippen MR) is 139 cm³/mol. The van der Waals surface area contributed by atoms with E-state index in [9.17, 15) is 4.79 Å². The Morgan fingerprint density at radius 3 is 2.39 bits per heavy atom. The van der Waals surface area contributed by atoms with E-state index in [0.717, 1.165) is 30.8 Å². The maximum Gasteiger partial charge on any atom is 0.239 e. The molecule has 1 atom stereocenters. The van der Waals surface area contributed by atoms with Gasteiger partial charge in [-0.3, -0.25) is 4.79 Å². The van der Waals surface area contributed by atoms with Crippen LogP contribution in [0.15, 0.2) is 58.7 Å². The summed E-state index contributed by atoms with van der Waals surface area (Å²) < 4.78 is 5.77. The zero-order chi connectivity index (χ0) is 23.3. The average molecular weight is 466 g/mol. The van der Waals surface area contributed by atoms with Gasteiger partial charge >= 0.3 is 0 Å². The van der Waals surface area contributed by atoms with Crippen LogP contribution in [0.4, 0.5) is 0 Å².